The number of amides is 1. The van der Waals surface area contributed by atoms with Gasteiger partial charge in [-0.1, -0.05) is 60.9 Å². The molecule has 1 aromatic heterocycles. The van der Waals surface area contributed by atoms with Gasteiger partial charge in [0.1, 0.15) is 0 Å². The standard InChI is InChI=1S/C26H26F3N3O3/c1-17-6-4-7-18(12-17)14-30-24(35)22-23(34)21(33)15-32(31-22)16-25(10-2-3-11-25)19-8-5-9-20(13-19)26(27,28)29/h4-9,12-13,15,33H,2-3,10-11,14,16H2,1H3,(H,30,35). The lowest BCUT2D eigenvalue weighted by atomic mass is 9.78. The molecule has 1 fully saturated rings. The number of rotatable bonds is 6. The van der Waals surface area contributed by atoms with Gasteiger partial charge in [0.15, 0.2) is 11.4 Å². The maximum Gasteiger partial charge on any atom is 0.416 e. The molecule has 184 valence electrons. The second kappa shape index (κ2) is 9.56. The van der Waals surface area contributed by atoms with Crippen molar-refractivity contribution in [2.24, 2.45) is 0 Å². The predicted molar refractivity (Wildman–Crippen MR) is 124 cm³/mol. The number of nitrogens with one attached hydrogen (secondary N) is 1. The maximum absolute atomic E-state index is 13.3. The average Bonchev–Trinajstić information content (AvgIpc) is 3.29. The first kappa shape index (κ1) is 24.5. The second-order valence-electron chi connectivity index (χ2n) is 9.13. The Morgan fingerprint density at radius 2 is 1.86 bits per heavy atom. The molecular formula is C26H26F3N3O3. The van der Waals surface area contributed by atoms with Gasteiger partial charge in [0.2, 0.25) is 0 Å². The smallest absolute Gasteiger partial charge is 0.416 e. The largest absolute Gasteiger partial charge is 0.503 e. The number of aryl methyl sites for hydroxylation is 1. The summed E-state index contributed by atoms with van der Waals surface area (Å²) in [5.74, 6) is -1.38. The molecule has 1 amide bonds. The number of alkyl halides is 3. The fraction of sp³-hybridized carbons (Fsp3) is 0.346. The van der Waals surface area contributed by atoms with Gasteiger partial charge in [-0.25, -0.2) is 0 Å². The van der Waals surface area contributed by atoms with Crippen LogP contribution < -0.4 is 10.7 Å². The van der Waals surface area contributed by atoms with Gasteiger partial charge in [-0.3, -0.25) is 14.3 Å². The Bertz CT molecular complexity index is 1290. The number of hydrogen-bond donors (Lipinski definition) is 2. The van der Waals surface area contributed by atoms with Gasteiger partial charge in [-0.05, 0) is 37.0 Å². The van der Waals surface area contributed by atoms with E-state index < -0.39 is 39.9 Å². The first-order chi connectivity index (χ1) is 16.6. The minimum absolute atomic E-state index is 0.125. The molecule has 1 saturated carbocycles. The molecule has 0 unspecified atom stereocenters. The normalized spacial score (nSPS) is 15.2. The Labute approximate surface area is 200 Å². The molecule has 0 atom stereocenters. The van der Waals surface area contributed by atoms with Crippen LogP contribution in [0.25, 0.3) is 0 Å². The van der Waals surface area contributed by atoms with Gasteiger partial charge in [-0.15, -0.1) is 0 Å². The highest BCUT2D eigenvalue weighted by Crippen LogP contribution is 2.44. The highest BCUT2D eigenvalue weighted by molar-refractivity contribution is 5.92. The van der Waals surface area contributed by atoms with Crippen LogP contribution >= 0.6 is 0 Å². The molecular weight excluding hydrogens is 459 g/mol. The fourth-order valence-electron chi connectivity index (χ4n) is 4.77. The first-order valence-corrected chi connectivity index (χ1v) is 11.4. The van der Waals surface area contributed by atoms with E-state index in [1.807, 2.05) is 31.2 Å². The maximum atomic E-state index is 13.3. The molecule has 35 heavy (non-hydrogen) atoms. The van der Waals surface area contributed by atoms with Crippen molar-refractivity contribution in [2.75, 3.05) is 0 Å². The van der Waals surface area contributed by atoms with Crippen molar-refractivity contribution >= 4 is 5.91 Å². The summed E-state index contributed by atoms with van der Waals surface area (Å²) >= 11 is 0. The summed E-state index contributed by atoms with van der Waals surface area (Å²) in [5, 5.41) is 17.1. The SMILES string of the molecule is Cc1cccc(CNC(=O)c2nn(CC3(c4cccc(C(F)(F)F)c4)CCCC3)cc(O)c2=O)c1. The Balaban J connectivity index is 1.62. The van der Waals surface area contributed by atoms with E-state index in [1.54, 1.807) is 6.07 Å². The summed E-state index contributed by atoms with van der Waals surface area (Å²) in [6.07, 6.45) is -0.437. The van der Waals surface area contributed by atoms with Crippen LogP contribution in [0.1, 0.15) is 58.4 Å². The number of nitrogens with zero attached hydrogens (tertiary/aromatic N) is 2. The molecule has 9 heteroatoms. The summed E-state index contributed by atoms with van der Waals surface area (Å²) in [6, 6.07) is 12.7. The number of hydrogen-bond acceptors (Lipinski definition) is 4. The van der Waals surface area contributed by atoms with Crippen molar-refractivity contribution in [2.45, 2.75) is 57.3 Å². The van der Waals surface area contributed by atoms with E-state index in [0.717, 1.165) is 42.3 Å². The van der Waals surface area contributed by atoms with Crippen molar-refractivity contribution in [3.05, 3.63) is 92.9 Å². The van der Waals surface area contributed by atoms with Crippen molar-refractivity contribution in [3.8, 4) is 5.75 Å². The Morgan fingerprint density at radius 3 is 2.54 bits per heavy atom. The van der Waals surface area contributed by atoms with Gasteiger partial charge in [0, 0.05) is 12.0 Å². The second-order valence-corrected chi connectivity index (χ2v) is 9.13. The number of halogens is 3. The monoisotopic (exact) mass is 485 g/mol. The topological polar surface area (TPSA) is 84.2 Å². The van der Waals surface area contributed by atoms with E-state index in [1.165, 1.54) is 10.7 Å². The van der Waals surface area contributed by atoms with Crippen molar-refractivity contribution in [1.29, 1.82) is 0 Å². The molecule has 3 aromatic rings. The van der Waals surface area contributed by atoms with E-state index in [2.05, 4.69) is 10.4 Å². The molecule has 6 nitrogen and oxygen atoms in total. The summed E-state index contributed by atoms with van der Waals surface area (Å²) < 4.78 is 41.3. The fourth-order valence-corrected chi connectivity index (χ4v) is 4.77. The van der Waals surface area contributed by atoms with Gasteiger partial charge in [0.25, 0.3) is 11.3 Å². The third-order valence-corrected chi connectivity index (χ3v) is 6.53. The summed E-state index contributed by atoms with van der Waals surface area (Å²) in [4.78, 5) is 25.2. The summed E-state index contributed by atoms with van der Waals surface area (Å²) in [5.41, 5.74) is -0.370. The summed E-state index contributed by atoms with van der Waals surface area (Å²) in [7, 11) is 0. The van der Waals surface area contributed by atoms with E-state index in [0.29, 0.717) is 18.4 Å². The van der Waals surface area contributed by atoms with Crippen LogP contribution in [0.5, 0.6) is 5.75 Å². The minimum Gasteiger partial charge on any atom is -0.503 e. The molecule has 4 rings (SSSR count). The van der Waals surface area contributed by atoms with Gasteiger partial charge >= 0.3 is 6.18 Å². The zero-order chi connectivity index (χ0) is 25.2. The van der Waals surface area contributed by atoms with Crippen LogP contribution in [-0.2, 0) is 24.7 Å². The molecule has 2 aromatic carbocycles. The molecule has 0 bridgehead atoms. The highest BCUT2D eigenvalue weighted by atomic mass is 19.4. The van der Waals surface area contributed by atoms with Crippen LogP contribution in [0, 0.1) is 6.92 Å². The third kappa shape index (κ3) is 5.39. The van der Waals surface area contributed by atoms with Crippen LogP contribution in [0.3, 0.4) is 0 Å². The number of aromatic nitrogens is 2. The van der Waals surface area contributed by atoms with Crippen molar-refractivity contribution < 1.29 is 23.1 Å². The number of carbonyl (C=O) groups excluding carboxylic acids is 1. The van der Waals surface area contributed by atoms with Gasteiger partial charge in [-0.2, -0.15) is 18.3 Å². The molecule has 0 saturated heterocycles. The first-order valence-electron chi connectivity index (χ1n) is 11.4. The van der Waals surface area contributed by atoms with Crippen LogP contribution in [0.4, 0.5) is 13.2 Å². The van der Waals surface area contributed by atoms with E-state index in [-0.39, 0.29) is 13.1 Å². The van der Waals surface area contributed by atoms with Crippen LogP contribution in [-0.4, -0.2) is 20.8 Å². The predicted octanol–water partition coefficient (Wildman–Crippen LogP) is 4.72. The number of aromatic hydroxyl groups is 1. The van der Waals surface area contributed by atoms with Crippen LogP contribution in [0.2, 0.25) is 0 Å². The average molecular weight is 486 g/mol. The number of carbonyl (C=O) groups is 1. The summed E-state index contributed by atoms with van der Waals surface area (Å²) in [6.45, 7) is 2.22. The molecule has 0 aliphatic heterocycles. The van der Waals surface area contributed by atoms with Gasteiger partial charge < -0.3 is 10.4 Å². The number of benzene rings is 2. The zero-order valence-corrected chi connectivity index (χ0v) is 19.2. The van der Waals surface area contributed by atoms with E-state index >= 15 is 0 Å². The third-order valence-electron chi connectivity index (χ3n) is 6.53. The molecule has 1 aliphatic rings. The Morgan fingerprint density at radius 1 is 1.14 bits per heavy atom. The quantitative estimate of drug-likeness (QED) is 0.529. The molecule has 0 spiro atoms. The van der Waals surface area contributed by atoms with Gasteiger partial charge in [0.05, 0.1) is 18.3 Å². The lowest BCUT2D eigenvalue weighted by Crippen LogP contribution is -2.34. The van der Waals surface area contributed by atoms with Crippen molar-refractivity contribution in [3.63, 3.8) is 0 Å². The van der Waals surface area contributed by atoms with Crippen molar-refractivity contribution in [1.82, 2.24) is 15.1 Å². The van der Waals surface area contributed by atoms with E-state index in [9.17, 15) is 27.9 Å². The molecule has 1 heterocycles. The highest BCUT2D eigenvalue weighted by Gasteiger charge is 2.39. The Hall–Kier alpha value is -3.62. The lowest BCUT2D eigenvalue weighted by Gasteiger charge is -2.31. The lowest BCUT2D eigenvalue weighted by molar-refractivity contribution is -0.137. The molecule has 2 N–H and O–H groups in total. The minimum atomic E-state index is -4.47. The van der Waals surface area contributed by atoms with E-state index in [4.69, 9.17) is 0 Å². The Kier molecular flexibility index (Phi) is 6.69. The van der Waals surface area contributed by atoms with Crippen LogP contribution in [0.15, 0.2) is 59.5 Å². The zero-order valence-electron chi connectivity index (χ0n) is 19.2. The molecule has 0 radical (unpaired) electrons. The molecule has 1 aliphatic carbocycles.